The molecule has 0 bridgehead atoms. The van der Waals surface area contributed by atoms with Crippen LogP contribution in [-0.4, -0.2) is 31.7 Å². The molecule has 1 saturated heterocycles. The van der Waals surface area contributed by atoms with Gasteiger partial charge in [-0.15, -0.1) is 0 Å². The summed E-state index contributed by atoms with van der Waals surface area (Å²) in [4.78, 5) is 13.8. The fourth-order valence-electron chi connectivity index (χ4n) is 2.02. The molecule has 1 aliphatic heterocycles. The Kier molecular flexibility index (Phi) is 2.48. The first kappa shape index (κ1) is 11.4. The quantitative estimate of drug-likeness (QED) is 0.637. The smallest absolute Gasteiger partial charge is 0.276 e. The van der Waals surface area contributed by atoms with Gasteiger partial charge < -0.3 is 5.32 Å². The number of nitrogens with one attached hydrogen (secondary N) is 1. The van der Waals surface area contributed by atoms with Crippen LogP contribution in [0.1, 0.15) is 24.2 Å². The van der Waals surface area contributed by atoms with Crippen molar-refractivity contribution < 1.29 is 4.79 Å². The molecular formula is C12H14N4OS. The number of aromatic nitrogens is 2. The Labute approximate surface area is 110 Å². The highest BCUT2D eigenvalue weighted by molar-refractivity contribution is 7.80. The van der Waals surface area contributed by atoms with Gasteiger partial charge in [0.2, 0.25) is 0 Å². The third kappa shape index (κ3) is 1.82. The van der Waals surface area contributed by atoms with Crippen LogP contribution in [0.15, 0.2) is 11.8 Å². The average Bonchev–Trinajstić information content (AvgIpc) is 3.01. The highest BCUT2D eigenvalue weighted by Gasteiger charge is 2.41. The van der Waals surface area contributed by atoms with Crippen molar-refractivity contribution in [3.63, 3.8) is 0 Å². The maximum Gasteiger partial charge on any atom is 0.276 e. The van der Waals surface area contributed by atoms with Crippen LogP contribution in [0, 0.1) is 6.92 Å². The van der Waals surface area contributed by atoms with Gasteiger partial charge in [0.05, 0.1) is 5.69 Å². The van der Waals surface area contributed by atoms with Gasteiger partial charge >= 0.3 is 0 Å². The first-order valence-electron chi connectivity index (χ1n) is 5.93. The van der Waals surface area contributed by atoms with E-state index in [4.69, 9.17) is 12.2 Å². The summed E-state index contributed by atoms with van der Waals surface area (Å²) in [6.45, 7) is 1.97. The maximum absolute atomic E-state index is 12.2. The summed E-state index contributed by atoms with van der Waals surface area (Å²) in [5.41, 5.74) is 2.34. The van der Waals surface area contributed by atoms with Crippen LogP contribution >= 0.6 is 12.2 Å². The summed E-state index contributed by atoms with van der Waals surface area (Å²) >= 11 is 5.19. The van der Waals surface area contributed by atoms with Crippen molar-refractivity contribution in [1.82, 2.24) is 20.0 Å². The van der Waals surface area contributed by atoms with Gasteiger partial charge in [-0.3, -0.25) is 14.4 Å². The van der Waals surface area contributed by atoms with Crippen molar-refractivity contribution in [3.8, 4) is 0 Å². The fourth-order valence-corrected chi connectivity index (χ4v) is 2.36. The van der Waals surface area contributed by atoms with E-state index in [9.17, 15) is 4.79 Å². The average molecular weight is 262 g/mol. The second-order valence-electron chi connectivity index (χ2n) is 4.73. The van der Waals surface area contributed by atoms with E-state index in [1.165, 1.54) is 0 Å². The van der Waals surface area contributed by atoms with Crippen molar-refractivity contribution in [1.29, 1.82) is 0 Å². The molecule has 0 spiro atoms. The molecule has 5 nitrogen and oxygen atoms in total. The lowest BCUT2D eigenvalue weighted by molar-refractivity contribution is -0.122. The summed E-state index contributed by atoms with van der Waals surface area (Å²) in [6.07, 6.45) is 3.84. The van der Waals surface area contributed by atoms with Gasteiger partial charge in [0.25, 0.3) is 5.91 Å². The summed E-state index contributed by atoms with van der Waals surface area (Å²) in [7, 11) is 1.88. The lowest BCUT2D eigenvalue weighted by atomic mass is 10.3. The maximum atomic E-state index is 12.2. The topological polar surface area (TPSA) is 50.2 Å². The predicted molar refractivity (Wildman–Crippen MR) is 71.5 cm³/mol. The van der Waals surface area contributed by atoms with E-state index in [1.807, 2.05) is 20.0 Å². The molecule has 1 aromatic rings. The lowest BCUT2D eigenvalue weighted by Gasteiger charge is -2.11. The second kappa shape index (κ2) is 3.91. The molecule has 3 rings (SSSR count). The molecule has 6 heteroatoms. The van der Waals surface area contributed by atoms with Gasteiger partial charge in [0.1, 0.15) is 5.70 Å². The number of carbonyl (C=O) groups is 1. The molecule has 0 unspecified atom stereocenters. The van der Waals surface area contributed by atoms with Crippen LogP contribution in [0.4, 0.5) is 0 Å². The van der Waals surface area contributed by atoms with E-state index >= 15 is 0 Å². The predicted octanol–water partition coefficient (Wildman–Crippen LogP) is 0.949. The molecule has 1 N–H and O–H groups in total. The highest BCUT2D eigenvalue weighted by Crippen LogP contribution is 2.30. The third-order valence-corrected chi connectivity index (χ3v) is 3.55. The zero-order valence-corrected chi connectivity index (χ0v) is 11.1. The van der Waals surface area contributed by atoms with E-state index in [-0.39, 0.29) is 5.91 Å². The van der Waals surface area contributed by atoms with Crippen LogP contribution in [0.2, 0.25) is 0 Å². The molecule has 2 heterocycles. The number of rotatable bonds is 2. The summed E-state index contributed by atoms with van der Waals surface area (Å²) in [6, 6.07) is 2.24. The number of amides is 1. The Morgan fingerprint density at radius 2 is 2.28 bits per heavy atom. The van der Waals surface area contributed by atoms with Crippen LogP contribution in [-0.2, 0) is 11.8 Å². The molecule has 0 aromatic carbocycles. The minimum absolute atomic E-state index is 0.0363. The molecular weight excluding hydrogens is 248 g/mol. The molecule has 1 aromatic heterocycles. The Morgan fingerprint density at radius 3 is 2.83 bits per heavy atom. The zero-order valence-electron chi connectivity index (χ0n) is 10.3. The van der Waals surface area contributed by atoms with Crippen molar-refractivity contribution >= 4 is 29.3 Å². The van der Waals surface area contributed by atoms with Gasteiger partial charge in [-0.2, -0.15) is 5.10 Å². The number of aryl methyl sites for hydroxylation is 2. The number of hydrogen-bond donors (Lipinski definition) is 1. The second-order valence-corrected chi connectivity index (χ2v) is 5.12. The Bertz CT molecular complexity index is 551. The van der Waals surface area contributed by atoms with Crippen molar-refractivity contribution in [2.45, 2.75) is 25.8 Å². The van der Waals surface area contributed by atoms with Gasteiger partial charge in [0.15, 0.2) is 5.11 Å². The number of hydrogen-bond acceptors (Lipinski definition) is 3. The van der Waals surface area contributed by atoms with E-state index in [0.29, 0.717) is 16.9 Å². The zero-order chi connectivity index (χ0) is 12.9. The third-order valence-electron chi connectivity index (χ3n) is 3.25. The van der Waals surface area contributed by atoms with Crippen LogP contribution in [0.3, 0.4) is 0 Å². The van der Waals surface area contributed by atoms with Gasteiger partial charge in [0, 0.05) is 18.8 Å². The standard InChI is InChI=1S/C12H14N4OS/c1-7-5-8(14-15(7)2)6-10-11(17)16(9-3-4-9)12(18)13-10/h5-6,9H,3-4H2,1-2H3,(H,13,18)/b10-6+. The van der Waals surface area contributed by atoms with E-state index in [1.54, 1.807) is 15.7 Å². The SMILES string of the molecule is Cc1cc(/C=C2/NC(=S)N(C3CC3)C2=O)nn1C. The van der Waals surface area contributed by atoms with E-state index < -0.39 is 0 Å². The number of carbonyl (C=O) groups excluding carboxylic acids is 1. The monoisotopic (exact) mass is 262 g/mol. The Balaban J connectivity index is 1.88. The first-order chi connectivity index (χ1) is 8.56. The molecule has 1 saturated carbocycles. The highest BCUT2D eigenvalue weighted by atomic mass is 32.1. The molecule has 1 aliphatic carbocycles. The van der Waals surface area contributed by atoms with Crippen LogP contribution in [0.5, 0.6) is 0 Å². The Morgan fingerprint density at radius 1 is 1.56 bits per heavy atom. The van der Waals surface area contributed by atoms with E-state index in [2.05, 4.69) is 10.4 Å². The minimum atomic E-state index is -0.0363. The molecule has 0 radical (unpaired) electrons. The van der Waals surface area contributed by atoms with Crippen LogP contribution in [0.25, 0.3) is 6.08 Å². The molecule has 2 aliphatic rings. The first-order valence-corrected chi connectivity index (χ1v) is 6.34. The minimum Gasteiger partial charge on any atom is -0.328 e. The Hall–Kier alpha value is -1.69. The fraction of sp³-hybridized carbons (Fsp3) is 0.417. The summed E-state index contributed by atoms with van der Waals surface area (Å²) < 4.78 is 1.78. The molecule has 0 atom stereocenters. The summed E-state index contributed by atoms with van der Waals surface area (Å²) in [5.74, 6) is -0.0363. The molecule has 1 amide bonds. The molecule has 94 valence electrons. The van der Waals surface area contributed by atoms with Gasteiger partial charge in [-0.05, 0) is 44.1 Å². The number of thiocarbonyl (C=S) groups is 1. The van der Waals surface area contributed by atoms with Gasteiger partial charge in [-0.25, -0.2) is 0 Å². The molecule has 2 fully saturated rings. The van der Waals surface area contributed by atoms with Crippen molar-refractivity contribution in [2.75, 3.05) is 0 Å². The van der Waals surface area contributed by atoms with Gasteiger partial charge in [-0.1, -0.05) is 0 Å². The normalized spacial score (nSPS) is 21.9. The number of nitrogens with zero attached hydrogens (tertiary/aromatic N) is 3. The molecule has 18 heavy (non-hydrogen) atoms. The lowest BCUT2D eigenvalue weighted by Crippen LogP contribution is -2.32. The van der Waals surface area contributed by atoms with E-state index in [0.717, 1.165) is 24.2 Å². The van der Waals surface area contributed by atoms with Crippen molar-refractivity contribution in [3.05, 3.63) is 23.2 Å². The van der Waals surface area contributed by atoms with Crippen LogP contribution < -0.4 is 5.32 Å². The summed E-state index contributed by atoms with van der Waals surface area (Å²) in [5, 5.41) is 7.79. The van der Waals surface area contributed by atoms with Crippen molar-refractivity contribution in [2.24, 2.45) is 7.05 Å². The largest absolute Gasteiger partial charge is 0.328 e.